The third-order valence-electron chi connectivity index (χ3n) is 6.59. The van der Waals surface area contributed by atoms with Gasteiger partial charge >= 0.3 is 0 Å². The van der Waals surface area contributed by atoms with Crippen LogP contribution in [0.3, 0.4) is 0 Å². The summed E-state index contributed by atoms with van der Waals surface area (Å²) < 4.78 is 1.14. The maximum Gasteiger partial charge on any atom is 0.292 e. The van der Waals surface area contributed by atoms with Crippen molar-refractivity contribution in [3.05, 3.63) is 48.0 Å². The summed E-state index contributed by atoms with van der Waals surface area (Å²) in [5.74, 6) is -0.734. The SMILES string of the molecule is Cc1ccc2nc(-c3ccc(N4C(=O)C[C@H]([NH+]5CCC(C(N)=O)CC5)C4=O)cc3)sc2c1. The lowest BCUT2D eigenvalue weighted by atomic mass is 9.95. The molecule has 3 amide bonds. The van der Waals surface area contributed by atoms with E-state index in [1.54, 1.807) is 11.3 Å². The number of benzene rings is 2. The number of carbonyl (C=O) groups excluding carboxylic acids is 3. The summed E-state index contributed by atoms with van der Waals surface area (Å²) >= 11 is 1.63. The summed E-state index contributed by atoms with van der Waals surface area (Å²) in [5.41, 5.74) is 9.13. The molecule has 5 rings (SSSR count). The number of piperidine rings is 1. The molecule has 1 aromatic heterocycles. The molecule has 7 nitrogen and oxygen atoms in total. The Balaban J connectivity index is 1.33. The number of quaternary nitrogens is 1. The lowest BCUT2D eigenvalue weighted by Crippen LogP contribution is -3.17. The Labute approximate surface area is 189 Å². The molecular formula is C24H25N4O3S+. The van der Waals surface area contributed by atoms with E-state index in [-0.39, 0.29) is 36.1 Å². The van der Waals surface area contributed by atoms with E-state index in [4.69, 9.17) is 10.7 Å². The Morgan fingerprint density at radius 1 is 1.12 bits per heavy atom. The van der Waals surface area contributed by atoms with Gasteiger partial charge < -0.3 is 10.6 Å². The first-order chi connectivity index (χ1) is 15.4. The monoisotopic (exact) mass is 449 g/mol. The van der Waals surface area contributed by atoms with Crippen LogP contribution in [0, 0.1) is 12.8 Å². The molecule has 0 aliphatic carbocycles. The minimum atomic E-state index is -0.386. The average molecular weight is 450 g/mol. The lowest BCUT2D eigenvalue weighted by molar-refractivity contribution is -0.920. The highest BCUT2D eigenvalue weighted by molar-refractivity contribution is 7.21. The van der Waals surface area contributed by atoms with Crippen LogP contribution in [0.25, 0.3) is 20.8 Å². The number of rotatable bonds is 4. The van der Waals surface area contributed by atoms with Crippen molar-refractivity contribution >= 4 is 45.0 Å². The Bertz CT molecular complexity index is 1210. The van der Waals surface area contributed by atoms with Gasteiger partial charge in [0, 0.05) is 24.3 Å². The van der Waals surface area contributed by atoms with Gasteiger partial charge in [0.1, 0.15) is 5.01 Å². The van der Waals surface area contributed by atoms with E-state index in [0.29, 0.717) is 31.6 Å². The normalized spacial score (nSPS) is 23.8. The smallest absolute Gasteiger partial charge is 0.292 e. The highest BCUT2D eigenvalue weighted by atomic mass is 32.1. The number of anilines is 1. The highest BCUT2D eigenvalue weighted by Gasteiger charge is 2.46. The van der Waals surface area contributed by atoms with Gasteiger partial charge in [-0.25, -0.2) is 9.88 Å². The second kappa shape index (κ2) is 8.11. The molecule has 3 aromatic rings. The van der Waals surface area contributed by atoms with Crippen LogP contribution in [0.2, 0.25) is 0 Å². The van der Waals surface area contributed by atoms with Gasteiger partial charge in [0.15, 0.2) is 6.04 Å². The molecule has 0 unspecified atom stereocenters. The van der Waals surface area contributed by atoms with Crippen LogP contribution in [0.15, 0.2) is 42.5 Å². The Hall–Kier alpha value is -3.10. The van der Waals surface area contributed by atoms with E-state index in [1.807, 2.05) is 36.4 Å². The van der Waals surface area contributed by atoms with Gasteiger partial charge in [-0.3, -0.25) is 14.4 Å². The van der Waals surface area contributed by atoms with Crippen LogP contribution < -0.4 is 15.5 Å². The fraction of sp³-hybridized carbons (Fsp3) is 0.333. The number of imide groups is 1. The van der Waals surface area contributed by atoms with Crippen molar-refractivity contribution < 1.29 is 19.3 Å². The van der Waals surface area contributed by atoms with E-state index < -0.39 is 0 Å². The van der Waals surface area contributed by atoms with Crippen LogP contribution >= 0.6 is 11.3 Å². The molecule has 0 saturated carbocycles. The molecule has 2 aliphatic rings. The Morgan fingerprint density at radius 3 is 2.53 bits per heavy atom. The number of nitrogens with zero attached hydrogens (tertiary/aromatic N) is 2. The summed E-state index contributed by atoms with van der Waals surface area (Å²) in [6.45, 7) is 3.43. The summed E-state index contributed by atoms with van der Waals surface area (Å²) in [7, 11) is 0. The number of likely N-dealkylation sites (tertiary alicyclic amines) is 1. The molecule has 0 radical (unpaired) electrons. The number of fused-ring (bicyclic) bond motifs is 1. The van der Waals surface area contributed by atoms with Crippen molar-refractivity contribution in [3.8, 4) is 10.6 Å². The van der Waals surface area contributed by atoms with Gasteiger partial charge in [-0.05, 0) is 48.9 Å². The molecule has 8 heteroatoms. The van der Waals surface area contributed by atoms with Crippen LogP contribution in [-0.4, -0.2) is 41.8 Å². The number of nitrogens with one attached hydrogen (secondary N) is 1. The van der Waals surface area contributed by atoms with Crippen molar-refractivity contribution in [2.75, 3.05) is 18.0 Å². The summed E-state index contributed by atoms with van der Waals surface area (Å²) in [6, 6.07) is 13.3. The molecule has 0 spiro atoms. The van der Waals surface area contributed by atoms with Crippen LogP contribution in [0.5, 0.6) is 0 Å². The average Bonchev–Trinajstić information content (AvgIpc) is 3.34. The second-order valence-electron chi connectivity index (χ2n) is 8.70. The minimum Gasteiger partial charge on any atom is -0.369 e. The molecule has 164 valence electrons. The maximum absolute atomic E-state index is 13.1. The molecule has 2 fully saturated rings. The molecule has 0 bridgehead atoms. The number of aromatic nitrogens is 1. The van der Waals surface area contributed by atoms with Crippen molar-refractivity contribution in [3.63, 3.8) is 0 Å². The van der Waals surface area contributed by atoms with E-state index in [2.05, 4.69) is 13.0 Å². The predicted octanol–water partition coefficient (Wildman–Crippen LogP) is 1.68. The quantitative estimate of drug-likeness (QED) is 0.592. The number of hydrogen-bond acceptors (Lipinski definition) is 5. The van der Waals surface area contributed by atoms with Gasteiger partial charge in [-0.15, -0.1) is 11.3 Å². The fourth-order valence-electron chi connectivity index (χ4n) is 4.75. The first-order valence-electron chi connectivity index (χ1n) is 10.9. The summed E-state index contributed by atoms with van der Waals surface area (Å²) in [5, 5.41) is 0.913. The molecule has 3 heterocycles. The summed E-state index contributed by atoms with van der Waals surface area (Å²) in [6.07, 6.45) is 1.53. The van der Waals surface area contributed by atoms with Crippen molar-refractivity contribution in [2.45, 2.75) is 32.2 Å². The van der Waals surface area contributed by atoms with E-state index in [0.717, 1.165) is 25.7 Å². The Kier molecular flexibility index (Phi) is 5.27. The van der Waals surface area contributed by atoms with Crippen molar-refractivity contribution in [1.29, 1.82) is 0 Å². The number of nitrogens with two attached hydrogens (primary N) is 1. The first-order valence-corrected chi connectivity index (χ1v) is 11.7. The third kappa shape index (κ3) is 3.69. The molecule has 2 aromatic carbocycles. The van der Waals surface area contributed by atoms with E-state index in [9.17, 15) is 14.4 Å². The second-order valence-corrected chi connectivity index (χ2v) is 9.73. The lowest BCUT2D eigenvalue weighted by Gasteiger charge is -2.30. The topological polar surface area (TPSA) is 97.8 Å². The standard InChI is InChI=1S/C24H24N4O3S/c1-14-2-7-18-20(12-14)32-23(26-18)16-3-5-17(6-4-16)28-21(29)13-19(24(28)31)27-10-8-15(9-11-27)22(25)30/h2-7,12,15,19H,8-11,13H2,1H3,(H2,25,30)/p+1/t19-/m0/s1. The van der Waals surface area contributed by atoms with E-state index >= 15 is 0 Å². The van der Waals surface area contributed by atoms with Gasteiger partial charge in [0.25, 0.3) is 5.91 Å². The molecule has 32 heavy (non-hydrogen) atoms. The molecular weight excluding hydrogens is 424 g/mol. The first kappa shape index (κ1) is 20.8. The van der Waals surface area contributed by atoms with Gasteiger partial charge in [-0.2, -0.15) is 0 Å². The number of aryl methyl sites for hydroxylation is 1. The zero-order valence-corrected chi connectivity index (χ0v) is 18.7. The molecule has 2 saturated heterocycles. The molecule has 1 atom stereocenters. The molecule has 3 N–H and O–H groups in total. The highest BCUT2D eigenvalue weighted by Crippen LogP contribution is 2.32. The van der Waals surface area contributed by atoms with Gasteiger partial charge in [0.05, 0.1) is 35.4 Å². The zero-order chi connectivity index (χ0) is 22.4. The maximum atomic E-state index is 13.1. The van der Waals surface area contributed by atoms with Crippen molar-refractivity contribution in [1.82, 2.24) is 4.98 Å². The van der Waals surface area contributed by atoms with Crippen molar-refractivity contribution in [2.24, 2.45) is 11.7 Å². The van der Waals surface area contributed by atoms with Gasteiger partial charge in [0.2, 0.25) is 11.8 Å². The Morgan fingerprint density at radius 2 is 1.84 bits per heavy atom. The largest absolute Gasteiger partial charge is 0.369 e. The molecule has 2 aliphatic heterocycles. The van der Waals surface area contributed by atoms with Crippen LogP contribution in [0.4, 0.5) is 5.69 Å². The van der Waals surface area contributed by atoms with Gasteiger partial charge in [-0.1, -0.05) is 6.07 Å². The summed E-state index contributed by atoms with van der Waals surface area (Å²) in [4.78, 5) is 44.3. The number of thiazole rings is 1. The number of primary amides is 1. The fourth-order valence-corrected chi connectivity index (χ4v) is 5.82. The number of amides is 3. The third-order valence-corrected chi connectivity index (χ3v) is 7.65. The van der Waals surface area contributed by atoms with Crippen LogP contribution in [0.1, 0.15) is 24.8 Å². The minimum absolute atomic E-state index is 0.124. The van der Waals surface area contributed by atoms with E-state index in [1.165, 1.54) is 10.5 Å². The number of hydrogen-bond donors (Lipinski definition) is 2. The zero-order valence-electron chi connectivity index (χ0n) is 17.8. The number of carbonyl (C=O) groups is 3. The predicted molar refractivity (Wildman–Crippen MR) is 123 cm³/mol. The van der Waals surface area contributed by atoms with Crippen LogP contribution in [-0.2, 0) is 14.4 Å².